The Bertz CT molecular complexity index is 467. The van der Waals surface area contributed by atoms with Crippen LogP contribution in [0, 0.1) is 12.8 Å². The Hall–Kier alpha value is -1.03. The molecule has 1 aliphatic rings. The van der Waals surface area contributed by atoms with Gasteiger partial charge in [0.05, 0.1) is 11.2 Å². The van der Waals surface area contributed by atoms with Crippen LogP contribution < -0.4 is 0 Å². The van der Waals surface area contributed by atoms with Gasteiger partial charge in [0.1, 0.15) is 0 Å². The highest BCUT2D eigenvalue weighted by atomic mass is 19.4. The van der Waals surface area contributed by atoms with Gasteiger partial charge >= 0.3 is 6.18 Å². The number of hydrogen-bond acceptors (Lipinski definition) is 1. The zero-order valence-electron chi connectivity index (χ0n) is 11.2. The molecule has 19 heavy (non-hydrogen) atoms. The van der Waals surface area contributed by atoms with Crippen LogP contribution in [0.3, 0.4) is 0 Å². The molecule has 2 unspecified atom stereocenters. The molecule has 0 aliphatic heterocycles. The van der Waals surface area contributed by atoms with E-state index in [1.165, 1.54) is 6.07 Å². The van der Waals surface area contributed by atoms with Crippen LogP contribution in [0.15, 0.2) is 18.2 Å². The second kappa shape index (κ2) is 4.82. The monoisotopic (exact) mass is 272 g/mol. The average molecular weight is 272 g/mol. The van der Waals surface area contributed by atoms with E-state index >= 15 is 0 Å². The molecule has 0 amide bonds. The Balaban J connectivity index is 2.35. The predicted molar refractivity (Wildman–Crippen MR) is 67.7 cm³/mol. The predicted octanol–water partition coefficient (Wildman–Crippen LogP) is 4.41. The van der Waals surface area contributed by atoms with E-state index in [1.54, 1.807) is 6.92 Å². The number of aryl methyl sites for hydroxylation is 1. The first-order valence-electron chi connectivity index (χ1n) is 6.63. The number of hydrogen-bond donors (Lipinski definition) is 1. The van der Waals surface area contributed by atoms with Crippen molar-refractivity contribution < 1.29 is 18.3 Å². The standard InChI is InChI=1S/C15H19F3O/c1-10-4-3-7-14(19,9-10)13-6-5-12(8-11(13)2)15(16,17)18/h5-6,8,10,19H,3-4,7,9H2,1-2H3. The fourth-order valence-electron chi connectivity index (χ4n) is 3.13. The van der Waals surface area contributed by atoms with Gasteiger partial charge in [-0.1, -0.05) is 19.4 Å². The molecule has 0 spiro atoms. The van der Waals surface area contributed by atoms with Crippen LogP contribution >= 0.6 is 0 Å². The zero-order chi connectivity index (χ0) is 14.3. The van der Waals surface area contributed by atoms with E-state index in [9.17, 15) is 18.3 Å². The van der Waals surface area contributed by atoms with E-state index in [-0.39, 0.29) is 0 Å². The average Bonchev–Trinajstić information content (AvgIpc) is 2.26. The van der Waals surface area contributed by atoms with Gasteiger partial charge in [0.2, 0.25) is 0 Å². The molecule has 2 rings (SSSR count). The van der Waals surface area contributed by atoms with Gasteiger partial charge in [0.25, 0.3) is 0 Å². The first-order valence-corrected chi connectivity index (χ1v) is 6.63. The maximum absolute atomic E-state index is 12.6. The van der Waals surface area contributed by atoms with Gasteiger partial charge in [0.15, 0.2) is 0 Å². The molecule has 0 radical (unpaired) electrons. The van der Waals surface area contributed by atoms with Gasteiger partial charge in [-0.25, -0.2) is 0 Å². The van der Waals surface area contributed by atoms with E-state index in [0.717, 1.165) is 25.0 Å². The fourth-order valence-corrected chi connectivity index (χ4v) is 3.13. The number of benzene rings is 1. The quantitative estimate of drug-likeness (QED) is 0.802. The van der Waals surface area contributed by atoms with Crippen molar-refractivity contribution in [2.75, 3.05) is 0 Å². The van der Waals surface area contributed by atoms with Gasteiger partial charge in [-0.2, -0.15) is 13.2 Å². The number of halogens is 3. The highest BCUT2D eigenvalue weighted by Gasteiger charge is 2.37. The normalized spacial score (nSPS) is 28.4. The molecule has 1 saturated carbocycles. The van der Waals surface area contributed by atoms with Crippen molar-refractivity contribution in [3.63, 3.8) is 0 Å². The third-order valence-electron chi connectivity index (χ3n) is 4.03. The Morgan fingerprint density at radius 3 is 2.53 bits per heavy atom. The molecule has 2 atom stereocenters. The number of rotatable bonds is 1. The van der Waals surface area contributed by atoms with Crippen LogP contribution in [0.4, 0.5) is 13.2 Å². The van der Waals surface area contributed by atoms with Crippen LogP contribution in [0.5, 0.6) is 0 Å². The summed E-state index contributed by atoms with van der Waals surface area (Å²) in [6.07, 6.45) is -1.09. The van der Waals surface area contributed by atoms with E-state index in [4.69, 9.17) is 0 Å². The van der Waals surface area contributed by atoms with Crippen molar-refractivity contribution in [3.8, 4) is 0 Å². The lowest BCUT2D eigenvalue weighted by Crippen LogP contribution is -2.32. The lowest BCUT2D eigenvalue weighted by atomic mass is 9.74. The molecule has 1 nitrogen and oxygen atoms in total. The molecule has 4 heteroatoms. The molecule has 1 aromatic rings. The van der Waals surface area contributed by atoms with Gasteiger partial charge in [0, 0.05) is 0 Å². The summed E-state index contributed by atoms with van der Waals surface area (Å²) in [5.41, 5.74) is -0.453. The molecule has 0 saturated heterocycles. The van der Waals surface area contributed by atoms with Crippen molar-refractivity contribution in [3.05, 3.63) is 34.9 Å². The minimum Gasteiger partial charge on any atom is -0.385 e. The highest BCUT2D eigenvalue weighted by Crippen LogP contribution is 2.42. The smallest absolute Gasteiger partial charge is 0.385 e. The van der Waals surface area contributed by atoms with E-state index in [0.29, 0.717) is 29.9 Å². The summed E-state index contributed by atoms with van der Waals surface area (Å²) < 4.78 is 37.9. The van der Waals surface area contributed by atoms with Gasteiger partial charge in [-0.15, -0.1) is 0 Å². The molecule has 1 aromatic carbocycles. The molecule has 0 bridgehead atoms. The number of aliphatic hydroxyl groups is 1. The fraction of sp³-hybridized carbons (Fsp3) is 0.600. The summed E-state index contributed by atoms with van der Waals surface area (Å²) in [4.78, 5) is 0. The topological polar surface area (TPSA) is 20.2 Å². The van der Waals surface area contributed by atoms with Crippen LogP contribution in [-0.2, 0) is 11.8 Å². The SMILES string of the molecule is Cc1cc(C(F)(F)F)ccc1C1(O)CCCC(C)C1. The number of alkyl halides is 3. The highest BCUT2D eigenvalue weighted by molar-refractivity contribution is 5.36. The van der Waals surface area contributed by atoms with Crippen molar-refractivity contribution in [2.24, 2.45) is 5.92 Å². The minimum atomic E-state index is -4.33. The molecular weight excluding hydrogens is 253 g/mol. The summed E-state index contributed by atoms with van der Waals surface area (Å²) in [6.45, 7) is 3.71. The van der Waals surface area contributed by atoms with Gasteiger partial charge < -0.3 is 5.11 Å². The van der Waals surface area contributed by atoms with E-state index < -0.39 is 17.3 Å². The zero-order valence-corrected chi connectivity index (χ0v) is 11.2. The molecule has 0 aromatic heterocycles. The van der Waals surface area contributed by atoms with Crippen LogP contribution in [0.25, 0.3) is 0 Å². The lowest BCUT2D eigenvalue weighted by Gasteiger charge is -2.37. The largest absolute Gasteiger partial charge is 0.416 e. The Morgan fingerprint density at radius 1 is 1.32 bits per heavy atom. The Morgan fingerprint density at radius 2 is 2.00 bits per heavy atom. The van der Waals surface area contributed by atoms with Crippen molar-refractivity contribution in [2.45, 2.75) is 51.3 Å². The first kappa shape index (κ1) is 14.4. The molecular formula is C15H19F3O. The molecule has 1 aliphatic carbocycles. The van der Waals surface area contributed by atoms with Crippen LogP contribution in [-0.4, -0.2) is 5.11 Å². The van der Waals surface area contributed by atoms with Crippen LogP contribution in [0.2, 0.25) is 0 Å². The summed E-state index contributed by atoms with van der Waals surface area (Å²) in [5.74, 6) is 0.403. The van der Waals surface area contributed by atoms with Crippen LogP contribution in [0.1, 0.15) is 49.3 Å². The summed E-state index contributed by atoms with van der Waals surface area (Å²) in [5, 5.41) is 10.7. The van der Waals surface area contributed by atoms with Crippen molar-refractivity contribution in [1.29, 1.82) is 0 Å². The maximum atomic E-state index is 12.6. The summed E-state index contributed by atoms with van der Waals surface area (Å²) in [6, 6.07) is 3.64. The lowest BCUT2D eigenvalue weighted by molar-refractivity contribution is -0.137. The third-order valence-corrected chi connectivity index (χ3v) is 4.03. The second-order valence-corrected chi connectivity index (χ2v) is 5.76. The molecule has 106 valence electrons. The molecule has 1 fully saturated rings. The van der Waals surface area contributed by atoms with E-state index in [2.05, 4.69) is 6.92 Å². The molecule has 0 heterocycles. The van der Waals surface area contributed by atoms with Crippen molar-refractivity contribution >= 4 is 0 Å². The van der Waals surface area contributed by atoms with Gasteiger partial charge in [-0.05, 0) is 55.4 Å². The third kappa shape index (κ3) is 2.94. The summed E-state index contributed by atoms with van der Waals surface area (Å²) in [7, 11) is 0. The van der Waals surface area contributed by atoms with Crippen molar-refractivity contribution in [1.82, 2.24) is 0 Å². The second-order valence-electron chi connectivity index (χ2n) is 5.76. The summed E-state index contributed by atoms with van der Waals surface area (Å²) >= 11 is 0. The Labute approximate surface area is 111 Å². The minimum absolute atomic E-state index is 0.403. The molecule has 1 N–H and O–H groups in total. The first-order chi connectivity index (χ1) is 8.72. The van der Waals surface area contributed by atoms with E-state index in [1.807, 2.05) is 0 Å². The Kier molecular flexibility index (Phi) is 3.65. The van der Waals surface area contributed by atoms with Gasteiger partial charge in [-0.3, -0.25) is 0 Å². The maximum Gasteiger partial charge on any atom is 0.416 e.